The number of carbonyl (C=O) groups excluding carboxylic acids is 1. The first-order valence-electron chi connectivity index (χ1n) is 5.86. The van der Waals surface area contributed by atoms with Crippen molar-refractivity contribution in [3.8, 4) is 0 Å². The second-order valence-electron chi connectivity index (χ2n) is 4.86. The molecule has 1 heterocycles. The second kappa shape index (κ2) is 4.64. The van der Waals surface area contributed by atoms with Gasteiger partial charge in [-0.2, -0.15) is 11.8 Å². The summed E-state index contributed by atoms with van der Waals surface area (Å²) in [5.41, 5.74) is 0. The van der Waals surface area contributed by atoms with Gasteiger partial charge in [-0.25, -0.2) is 4.79 Å². The van der Waals surface area contributed by atoms with E-state index in [1.54, 1.807) is 0 Å². The number of carbonyl (C=O) groups is 1. The number of nitrogens with one attached hydrogen (secondary N) is 2. The van der Waals surface area contributed by atoms with Crippen LogP contribution in [0.25, 0.3) is 0 Å². The van der Waals surface area contributed by atoms with Gasteiger partial charge in [-0.3, -0.25) is 0 Å². The fourth-order valence-corrected chi connectivity index (χ4v) is 3.28. The maximum absolute atomic E-state index is 11.5. The predicted molar refractivity (Wildman–Crippen MR) is 64.3 cm³/mol. The van der Waals surface area contributed by atoms with Crippen LogP contribution < -0.4 is 10.6 Å². The minimum Gasteiger partial charge on any atom is -0.337 e. The summed E-state index contributed by atoms with van der Waals surface area (Å²) in [5.74, 6) is 1.24. The van der Waals surface area contributed by atoms with Crippen molar-refractivity contribution in [1.29, 1.82) is 0 Å². The topological polar surface area (TPSA) is 41.1 Å². The summed E-state index contributed by atoms with van der Waals surface area (Å²) in [4.78, 5) is 11.5. The molecule has 1 aliphatic heterocycles. The van der Waals surface area contributed by atoms with Gasteiger partial charge in [0.05, 0.1) is 0 Å². The van der Waals surface area contributed by atoms with Crippen LogP contribution in [-0.4, -0.2) is 29.1 Å². The smallest absolute Gasteiger partial charge is 0.315 e. The van der Waals surface area contributed by atoms with Crippen LogP contribution in [0.2, 0.25) is 0 Å². The maximum atomic E-state index is 11.5. The molecule has 2 amide bonds. The van der Waals surface area contributed by atoms with E-state index in [2.05, 4.69) is 17.6 Å². The predicted octanol–water partition coefficient (Wildman–Crippen LogP) is 2.12. The zero-order valence-electron chi connectivity index (χ0n) is 9.34. The molecule has 1 atom stereocenters. The zero-order valence-corrected chi connectivity index (χ0v) is 10.2. The van der Waals surface area contributed by atoms with Crippen molar-refractivity contribution in [3.05, 3.63) is 0 Å². The van der Waals surface area contributed by atoms with Crippen molar-refractivity contribution in [2.24, 2.45) is 0 Å². The van der Waals surface area contributed by atoms with Gasteiger partial charge in [0, 0.05) is 17.3 Å². The first-order valence-corrected chi connectivity index (χ1v) is 6.85. The molecule has 86 valence electrons. The van der Waals surface area contributed by atoms with E-state index in [0.717, 1.165) is 19.4 Å². The van der Waals surface area contributed by atoms with Gasteiger partial charge in [0.2, 0.25) is 0 Å². The van der Waals surface area contributed by atoms with E-state index >= 15 is 0 Å². The molecule has 2 aliphatic rings. The molecule has 1 saturated carbocycles. The number of amides is 2. The lowest BCUT2D eigenvalue weighted by Crippen LogP contribution is -2.48. The van der Waals surface area contributed by atoms with Crippen molar-refractivity contribution in [2.75, 3.05) is 12.3 Å². The van der Waals surface area contributed by atoms with E-state index in [9.17, 15) is 4.79 Å². The highest BCUT2D eigenvalue weighted by molar-refractivity contribution is 8.00. The van der Waals surface area contributed by atoms with Gasteiger partial charge < -0.3 is 10.6 Å². The van der Waals surface area contributed by atoms with Gasteiger partial charge in [0.15, 0.2) is 0 Å². The summed E-state index contributed by atoms with van der Waals surface area (Å²) in [5, 5.41) is 5.99. The molecule has 0 bridgehead atoms. The van der Waals surface area contributed by atoms with E-state index in [0.29, 0.717) is 6.04 Å². The summed E-state index contributed by atoms with van der Waals surface area (Å²) in [6, 6.07) is 0.461. The Bertz CT molecular complexity index is 235. The standard InChI is InChI=1S/C11H20N2OS/c1-11(6-3-7-15-11)8-12-10(14)13-9-4-2-5-9/h9H,2-8H2,1H3,(H2,12,13,14). The molecule has 0 spiro atoms. The normalized spacial score (nSPS) is 31.0. The molecule has 0 aromatic carbocycles. The fourth-order valence-electron chi connectivity index (χ4n) is 2.03. The zero-order chi connectivity index (χ0) is 10.7. The monoisotopic (exact) mass is 228 g/mol. The Kier molecular flexibility index (Phi) is 3.44. The lowest BCUT2D eigenvalue weighted by atomic mass is 9.93. The lowest BCUT2D eigenvalue weighted by Gasteiger charge is -2.28. The van der Waals surface area contributed by atoms with Crippen LogP contribution in [0.1, 0.15) is 39.0 Å². The molecule has 4 heteroatoms. The first-order chi connectivity index (χ1) is 7.18. The molecule has 15 heavy (non-hydrogen) atoms. The van der Waals surface area contributed by atoms with Gasteiger partial charge in [0.1, 0.15) is 0 Å². The molecule has 3 nitrogen and oxygen atoms in total. The van der Waals surface area contributed by atoms with Crippen LogP contribution in [-0.2, 0) is 0 Å². The highest BCUT2D eigenvalue weighted by Gasteiger charge is 2.30. The summed E-state index contributed by atoms with van der Waals surface area (Å²) in [7, 11) is 0. The molecule has 2 rings (SSSR count). The van der Waals surface area contributed by atoms with Crippen LogP contribution >= 0.6 is 11.8 Å². The van der Waals surface area contributed by atoms with Gasteiger partial charge in [-0.15, -0.1) is 0 Å². The quantitative estimate of drug-likeness (QED) is 0.777. The van der Waals surface area contributed by atoms with Gasteiger partial charge in [-0.1, -0.05) is 0 Å². The van der Waals surface area contributed by atoms with Gasteiger partial charge in [0.25, 0.3) is 0 Å². The number of hydrogen-bond donors (Lipinski definition) is 2. The highest BCUT2D eigenvalue weighted by Crippen LogP contribution is 2.36. The van der Waals surface area contributed by atoms with Crippen LogP contribution in [0.4, 0.5) is 4.79 Å². The van der Waals surface area contributed by atoms with Crippen LogP contribution in [0.5, 0.6) is 0 Å². The Morgan fingerprint density at radius 3 is 2.80 bits per heavy atom. The van der Waals surface area contributed by atoms with Crippen molar-refractivity contribution in [3.63, 3.8) is 0 Å². The van der Waals surface area contributed by atoms with Crippen LogP contribution in [0, 0.1) is 0 Å². The fraction of sp³-hybridized carbons (Fsp3) is 0.909. The molecule has 2 fully saturated rings. The SMILES string of the molecule is CC1(CNC(=O)NC2CCC2)CCCS1. The molecular formula is C11H20N2OS. The molecule has 1 unspecified atom stereocenters. The first kappa shape index (κ1) is 11.1. The van der Waals surface area contributed by atoms with E-state index < -0.39 is 0 Å². The largest absolute Gasteiger partial charge is 0.337 e. The molecule has 2 N–H and O–H groups in total. The van der Waals surface area contributed by atoms with Crippen LogP contribution in [0.3, 0.4) is 0 Å². The van der Waals surface area contributed by atoms with Crippen molar-refractivity contribution in [2.45, 2.75) is 49.8 Å². The third kappa shape index (κ3) is 3.03. The van der Waals surface area contributed by atoms with Crippen molar-refractivity contribution >= 4 is 17.8 Å². The molecule has 0 aromatic heterocycles. The number of thioether (sulfide) groups is 1. The van der Waals surface area contributed by atoms with Crippen molar-refractivity contribution in [1.82, 2.24) is 10.6 Å². The second-order valence-corrected chi connectivity index (χ2v) is 6.54. The van der Waals surface area contributed by atoms with E-state index in [-0.39, 0.29) is 10.8 Å². The molecule has 1 aliphatic carbocycles. The Balaban J connectivity index is 1.65. The Morgan fingerprint density at radius 2 is 2.27 bits per heavy atom. The third-order valence-corrected chi connectivity index (χ3v) is 4.90. The highest BCUT2D eigenvalue weighted by atomic mass is 32.2. The third-order valence-electron chi connectivity index (χ3n) is 3.36. The summed E-state index contributed by atoms with van der Waals surface area (Å²) in [6.45, 7) is 3.05. The van der Waals surface area contributed by atoms with Crippen molar-refractivity contribution < 1.29 is 4.79 Å². The minimum atomic E-state index is 0.0217. The van der Waals surface area contributed by atoms with E-state index in [1.807, 2.05) is 11.8 Å². The molecule has 1 saturated heterocycles. The summed E-state index contributed by atoms with van der Waals surface area (Å²) < 4.78 is 0.275. The molecular weight excluding hydrogens is 208 g/mol. The van der Waals surface area contributed by atoms with Gasteiger partial charge in [-0.05, 0) is 44.8 Å². The Labute approximate surface area is 95.8 Å². The maximum Gasteiger partial charge on any atom is 0.315 e. The Morgan fingerprint density at radius 1 is 1.47 bits per heavy atom. The summed E-state index contributed by atoms with van der Waals surface area (Å²) in [6.07, 6.45) is 6.08. The number of hydrogen-bond acceptors (Lipinski definition) is 2. The van der Waals surface area contributed by atoms with E-state index in [4.69, 9.17) is 0 Å². The molecule has 0 radical (unpaired) electrons. The number of rotatable bonds is 3. The minimum absolute atomic E-state index is 0.0217. The lowest BCUT2D eigenvalue weighted by molar-refractivity contribution is 0.227. The average molecular weight is 228 g/mol. The average Bonchev–Trinajstić information content (AvgIpc) is 2.57. The van der Waals surface area contributed by atoms with Gasteiger partial charge >= 0.3 is 6.03 Å². The molecule has 0 aromatic rings. The Hall–Kier alpha value is -0.380. The number of urea groups is 1. The van der Waals surface area contributed by atoms with Crippen LogP contribution in [0.15, 0.2) is 0 Å². The van der Waals surface area contributed by atoms with E-state index in [1.165, 1.54) is 25.0 Å². The summed E-state index contributed by atoms with van der Waals surface area (Å²) >= 11 is 1.98.